The van der Waals surface area contributed by atoms with Gasteiger partial charge in [0.1, 0.15) is 18.2 Å². The molecule has 9 nitrogen and oxygen atoms in total. The Bertz CT molecular complexity index is 1370. The molecule has 3 aromatic rings. The number of rotatable bonds is 7. The summed E-state index contributed by atoms with van der Waals surface area (Å²) in [6.45, 7) is 8.67. The van der Waals surface area contributed by atoms with Crippen molar-refractivity contribution >= 4 is 46.5 Å². The van der Waals surface area contributed by atoms with Crippen molar-refractivity contribution in [3.8, 4) is 5.75 Å². The highest BCUT2D eigenvalue weighted by Crippen LogP contribution is 2.37. The number of halogens is 1. The lowest BCUT2D eigenvalue weighted by molar-refractivity contribution is 0.251. The van der Waals surface area contributed by atoms with Gasteiger partial charge >= 0.3 is 6.03 Å². The van der Waals surface area contributed by atoms with Crippen LogP contribution < -0.4 is 24.8 Å². The molecule has 1 N–H and O–H groups in total. The van der Waals surface area contributed by atoms with Crippen LogP contribution in [0, 0.1) is 6.92 Å². The molecule has 5 rings (SSSR count). The molecule has 1 fully saturated rings. The molecule has 2 aromatic carbocycles. The largest absolute Gasteiger partial charge is 0.487 e. The molecule has 39 heavy (non-hydrogen) atoms. The van der Waals surface area contributed by atoms with Gasteiger partial charge in [0.2, 0.25) is 5.95 Å². The summed E-state index contributed by atoms with van der Waals surface area (Å²) in [4.78, 5) is 30.5. The molecule has 2 aliphatic rings. The summed E-state index contributed by atoms with van der Waals surface area (Å²) in [5.74, 6) is 1.78. The first kappa shape index (κ1) is 26.8. The molecule has 0 unspecified atom stereocenters. The van der Waals surface area contributed by atoms with E-state index in [1.165, 1.54) is 4.90 Å². The molecule has 0 spiro atoms. The van der Waals surface area contributed by atoms with Crippen LogP contribution in [0.3, 0.4) is 0 Å². The van der Waals surface area contributed by atoms with Crippen molar-refractivity contribution < 1.29 is 9.53 Å². The number of aryl methyl sites for hydroxylation is 1. The van der Waals surface area contributed by atoms with Crippen LogP contribution in [0.2, 0.25) is 5.02 Å². The molecule has 1 saturated heterocycles. The Kier molecular flexibility index (Phi) is 7.90. The van der Waals surface area contributed by atoms with Crippen LogP contribution in [0.25, 0.3) is 0 Å². The number of ether oxygens (including phenoxy) is 1. The van der Waals surface area contributed by atoms with Crippen molar-refractivity contribution in [1.29, 1.82) is 0 Å². The van der Waals surface area contributed by atoms with Gasteiger partial charge in [0, 0.05) is 56.7 Å². The van der Waals surface area contributed by atoms with Crippen LogP contribution >= 0.6 is 11.6 Å². The van der Waals surface area contributed by atoms with E-state index < -0.39 is 0 Å². The van der Waals surface area contributed by atoms with Crippen molar-refractivity contribution in [1.82, 2.24) is 14.9 Å². The Hall–Kier alpha value is -3.82. The highest BCUT2D eigenvalue weighted by atomic mass is 35.5. The van der Waals surface area contributed by atoms with E-state index in [1.54, 1.807) is 24.2 Å². The average molecular weight is 548 g/mol. The highest BCUT2D eigenvalue weighted by molar-refractivity contribution is 6.34. The quantitative estimate of drug-likeness (QED) is 0.393. The van der Waals surface area contributed by atoms with E-state index in [4.69, 9.17) is 21.3 Å². The number of aromatic nitrogens is 2. The predicted molar refractivity (Wildman–Crippen MR) is 158 cm³/mol. The second-order valence-corrected chi connectivity index (χ2v) is 10.3. The Labute approximate surface area is 234 Å². The molecule has 2 aliphatic heterocycles. The van der Waals surface area contributed by atoms with Gasteiger partial charge in [-0.15, -0.1) is 0 Å². The first-order chi connectivity index (χ1) is 18.9. The molecular formula is C29H34ClN7O2. The molecule has 10 heteroatoms. The number of allylic oxidation sites excluding steroid dienone is 1. The van der Waals surface area contributed by atoms with E-state index in [2.05, 4.69) is 33.2 Å². The van der Waals surface area contributed by atoms with Gasteiger partial charge in [-0.3, -0.25) is 9.80 Å². The van der Waals surface area contributed by atoms with E-state index in [1.807, 2.05) is 50.3 Å². The molecule has 0 atom stereocenters. The minimum absolute atomic E-state index is 0.195. The lowest BCUT2D eigenvalue weighted by atomic mass is 10.1. The first-order valence-corrected chi connectivity index (χ1v) is 13.5. The fourth-order valence-corrected chi connectivity index (χ4v) is 5.21. The Balaban J connectivity index is 1.39. The predicted octanol–water partition coefficient (Wildman–Crippen LogP) is 5.47. The Morgan fingerprint density at radius 1 is 1.13 bits per heavy atom. The summed E-state index contributed by atoms with van der Waals surface area (Å²) in [5.41, 5.74) is 4.35. The fourth-order valence-electron chi connectivity index (χ4n) is 4.89. The Morgan fingerprint density at radius 3 is 2.67 bits per heavy atom. The first-order valence-electron chi connectivity index (χ1n) is 13.1. The number of amides is 2. The smallest absolute Gasteiger partial charge is 0.330 e. The van der Waals surface area contributed by atoms with Crippen molar-refractivity contribution in [3.63, 3.8) is 0 Å². The normalized spacial score (nSPS) is 16.1. The molecule has 2 amide bonds. The summed E-state index contributed by atoms with van der Waals surface area (Å²) < 4.78 is 6.14. The lowest BCUT2D eigenvalue weighted by Gasteiger charge is -2.35. The minimum Gasteiger partial charge on any atom is -0.487 e. The molecule has 0 radical (unpaired) electrons. The van der Waals surface area contributed by atoms with E-state index in [-0.39, 0.29) is 6.03 Å². The van der Waals surface area contributed by atoms with Crippen LogP contribution in [0.4, 0.5) is 33.6 Å². The summed E-state index contributed by atoms with van der Waals surface area (Å²) in [5, 5.41) is 3.83. The number of hydrogen-bond acceptors (Lipinski definition) is 7. The van der Waals surface area contributed by atoms with Gasteiger partial charge in [-0.2, -0.15) is 4.98 Å². The molecule has 0 saturated carbocycles. The van der Waals surface area contributed by atoms with Crippen molar-refractivity contribution in [2.45, 2.75) is 20.4 Å². The van der Waals surface area contributed by atoms with Gasteiger partial charge in [-0.25, -0.2) is 9.78 Å². The maximum Gasteiger partial charge on any atom is 0.330 e. The Morgan fingerprint density at radius 2 is 1.92 bits per heavy atom. The fraction of sp³-hybridized carbons (Fsp3) is 0.345. The number of fused-ring (bicyclic) bond motifs is 1. The summed E-state index contributed by atoms with van der Waals surface area (Å²) >= 11 is 6.47. The summed E-state index contributed by atoms with van der Waals surface area (Å²) in [6, 6.07) is 11.5. The van der Waals surface area contributed by atoms with Crippen molar-refractivity contribution in [2.24, 2.45) is 0 Å². The number of carbonyl (C=O) groups excluding carboxylic acids is 1. The number of hydrogen-bond donors (Lipinski definition) is 1. The second-order valence-electron chi connectivity index (χ2n) is 9.85. The van der Waals surface area contributed by atoms with Gasteiger partial charge in [-0.1, -0.05) is 35.9 Å². The van der Waals surface area contributed by atoms with Gasteiger partial charge in [0.05, 0.1) is 22.9 Å². The molecule has 3 heterocycles. The van der Waals surface area contributed by atoms with Gasteiger partial charge in [-0.05, 0) is 44.7 Å². The SMILES string of the molecule is C/C=C/COc1cc(Nc2ncc3c(n2)N(C)C(=O)N(c2c(C)cccc2Cl)C3)ccc1N1CCN(C)CC1. The third-order valence-corrected chi connectivity index (χ3v) is 7.40. The summed E-state index contributed by atoms with van der Waals surface area (Å²) in [7, 11) is 3.86. The molecule has 0 aliphatic carbocycles. The van der Waals surface area contributed by atoms with Crippen LogP contribution in [-0.4, -0.2) is 67.8 Å². The van der Waals surface area contributed by atoms with Crippen LogP contribution in [0.1, 0.15) is 18.1 Å². The monoisotopic (exact) mass is 547 g/mol. The van der Waals surface area contributed by atoms with Gasteiger partial charge in [0.15, 0.2) is 0 Å². The van der Waals surface area contributed by atoms with Gasteiger partial charge < -0.3 is 19.9 Å². The third-order valence-electron chi connectivity index (χ3n) is 7.09. The van der Waals surface area contributed by atoms with E-state index in [9.17, 15) is 4.79 Å². The number of likely N-dealkylation sites (N-methyl/N-ethyl adjacent to an activating group) is 1. The number of benzene rings is 2. The van der Waals surface area contributed by atoms with Crippen molar-refractivity contribution in [3.05, 3.63) is 70.9 Å². The number of nitrogens with one attached hydrogen (secondary N) is 1. The van der Waals surface area contributed by atoms with Crippen molar-refractivity contribution in [2.75, 3.05) is 66.9 Å². The van der Waals surface area contributed by atoms with E-state index in [0.717, 1.165) is 54.4 Å². The average Bonchev–Trinajstić information content (AvgIpc) is 2.92. The van der Waals surface area contributed by atoms with E-state index in [0.29, 0.717) is 35.6 Å². The molecular weight excluding hydrogens is 514 g/mol. The van der Waals surface area contributed by atoms with E-state index >= 15 is 0 Å². The second kappa shape index (κ2) is 11.5. The maximum absolute atomic E-state index is 13.3. The van der Waals surface area contributed by atoms with Gasteiger partial charge in [0.25, 0.3) is 0 Å². The van der Waals surface area contributed by atoms with Crippen LogP contribution in [-0.2, 0) is 6.54 Å². The number of piperazine rings is 1. The number of carbonyl (C=O) groups is 1. The number of urea groups is 1. The molecule has 204 valence electrons. The number of nitrogens with zero attached hydrogens (tertiary/aromatic N) is 6. The summed E-state index contributed by atoms with van der Waals surface area (Å²) in [6.07, 6.45) is 5.72. The standard InChI is InChI=1S/C29H34ClN7O2/c1-5-6-16-39-25-17-22(10-11-24(25)36-14-12-34(3)13-15-36)32-28-31-18-21-19-37(29(38)35(4)27(21)33-28)26-20(2)8-7-9-23(26)30/h5-11,17-18H,12-16,19H2,1-4H3,(H,31,32,33)/b6-5+. The molecule has 1 aromatic heterocycles. The zero-order chi connectivity index (χ0) is 27.5. The highest BCUT2D eigenvalue weighted by Gasteiger charge is 2.32. The minimum atomic E-state index is -0.195. The number of anilines is 5. The zero-order valence-electron chi connectivity index (χ0n) is 22.8. The van der Waals surface area contributed by atoms with Crippen LogP contribution in [0.5, 0.6) is 5.75 Å². The van der Waals surface area contributed by atoms with Crippen LogP contribution in [0.15, 0.2) is 54.7 Å². The molecule has 0 bridgehead atoms. The number of para-hydroxylation sites is 1. The third kappa shape index (κ3) is 5.65. The topological polar surface area (TPSA) is 77.1 Å². The lowest BCUT2D eigenvalue weighted by Crippen LogP contribution is -2.46. The zero-order valence-corrected chi connectivity index (χ0v) is 23.6. The maximum atomic E-state index is 13.3.